The van der Waals surface area contributed by atoms with Crippen LogP contribution in [-0.4, -0.2) is 23.9 Å². The van der Waals surface area contributed by atoms with Gasteiger partial charge in [-0.05, 0) is 20.0 Å². The first-order valence-corrected chi connectivity index (χ1v) is 6.02. The highest BCUT2D eigenvalue weighted by Crippen LogP contribution is 2.23. The summed E-state index contributed by atoms with van der Waals surface area (Å²) in [7, 11) is 6.00. The van der Waals surface area contributed by atoms with Gasteiger partial charge in [0, 0.05) is 38.3 Å². The molecule has 5 heteroatoms. The van der Waals surface area contributed by atoms with Gasteiger partial charge in [-0.15, -0.1) is 0 Å². The van der Waals surface area contributed by atoms with E-state index in [1.807, 2.05) is 31.8 Å². The van der Waals surface area contributed by atoms with Crippen molar-refractivity contribution in [3.63, 3.8) is 0 Å². The summed E-state index contributed by atoms with van der Waals surface area (Å²) in [5.41, 5.74) is 3.47. The van der Waals surface area contributed by atoms with Gasteiger partial charge in [0.05, 0.1) is 18.2 Å². The van der Waals surface area contributed by atoms with Gasteiger partial charge in [-0.1, -0.05) is 0 Å². The lowest BCUT2D eigenvalue weighted by Gasteiger charge is -2.20. The highest BCUT2D eigenvalue weighted by atomic mass is 16.3. The Morgan fingerprint density at radius 3 is 2.89 bits per heavy atom. The van der Waals surface area contributed by atoms with Gasteiger partial charge in [0.2, 0.25) is 0 Å². The molecule has 2 heterocycles. The molecule has 0 spiro atoms. The van der Waals surface area contributed by atoms with Crippen LogP contribution in [0.25, 0.3) is 0 Å². The molecule has 0 atom stereocenters. The van der Waals surface area contributed by atoms with Crippen molar-refractivity contribution in [2.24, 2.45) is 7.05 Å². The molecule has 0 fully saturated rings. The van der Waals surface area contributed by atoms with E-state index in [-0.39, 0.29) is 0 Å². The number of aryl methyl sites for hydroxylation is 2. The Hall–Kier alpha value is -1.75. The van der Waals surface area contributed by atoms with Crippen LogP contribution >= 0.6 is 0 Å². The summed E-state index contributed by atoms with van der Waals surface area (Å²) in [6.45, 7) is 3.68. The van der Waals surface area contributed by atoms with E-state index < -0.39 is 0 Å². The van der Waals surface area contributed by atoms with Gasteiger partial charge in [0.25, 0.3) is 0 Å². The minimum absolute atomic E-state index is 0.812. The summed E-state index contributed by atoms with van der Waals surface area (Å²) >= 11 is 0. The lowest BCUT2D eigenvalue weighted by Crippen LogP contribution is -2.21. The maximum Gasteiger partial charge on any atom is 0.131 e. The van der Waals surface area contributed by atoms with Crippen molar-refractivity contribution in [1.82, 2.24) is 15.1 Å². The van der Waals surface area contributed by atoms with Gasteiger partial charge < -0.3 is 14.6 Å². The average molecular weight is 248 g/mol. The fourth-order valence-corrected chi connectivity index (χ4v) is 2.28. The van der Waals surface area contributed by atoms with Crippen LogP contribution in [0.4, 0.5) is 5.82 Å². The molecule has 5 nitrogen and oxygen atoms in total. The second-order valence-electron chi connectivity index (χ2n) is 4.53. The number of hydrogen-bond acceptors (Lipinski definition) is 4. The van der Waals surface area contributed by atoms with E-state index in [0.717, 1.165) is 30.2 Å². The van der Waals surface area contributed by atoms with Crippen LogP contribution in [0.2, 0.25) is 0 Å². The zero-order chi connectivity index (χ0) is 13.1. The molecule has 2 aromatic heterocycles. The molecular formula is C13H20N4O. The zero-order valence-corrected chi connectivity index (χ0v) is 11.4. The molecule has 0 unspecified atom stereocenters. The Labute approximate surface area is 107 Å². The van der Waals surface area contributed by atoms with Gasteiger partial charge in [0.1, 0.15) is 5.82 Å². The Morgan fingerprint density at radius 1 is 1.50 bits per heavy atom. The van der Waals surface area contributed by atoms with Crippen LogP contribution < -0.4 is 10.2 Å². The summed E-state index contributed by atoms with van der Waals surface area (Å²) < 4.78 is 7.04. The van der Waals surface area contributed by atoms with E-state index in [0.29, 0.717) is 0 Å². The molecule has 0 saturated heterocycles. The maximum atomic E-state index is 5.10. The van der Waals surface area contributed by atoms with Crippen molar-refractivity contribution < 1.29 is 4.42 Å². The highest BCUT2D eigenvalue weighted by molar-refractivity contribution is 5.49. The number of nitrogens with one attached hydrogen (secondary N) is 1. The van der Waals surface area contributed by atoms with Crippen molar-refractivity contribution in [3.8, 4) is 0 Å². The van der Waals surface area contributed by atoms with Crippen molar-refractivity contribution in [2.45, 2.75) is 20.0 Å². The number of anilines is 1. The Kier molecular flexibility index (Phi) is 3.72. The third-order valence-corrected chi connectivity index (χ3v) is 3.03. The minimum Gasteiger partial charge on any atom is -0.472 e. The minimum atomic E-state index is 0.812. The molecule has 18 heavy (non-hydrogen) atoms. The molecule has 0 amide bonds. The fourth-order valence-electron chi connectivity index (χ4n) is 2.28. The molecule has 0 aliphatic carbocycles. The lowest BCUT2D eigenvalue weighted by atomic mass is 10.2. The quantitative estimate of drug-likeness (QED) is 0.874. The van der Waals surface area contributed by atoms with Crippen LogP contribution in [0.1, 0.15) is 16.8 Å². The average Bonchev–Trinajstić information content (AvgIpc) is 2.89. The molecular weight excluding hydrogens is 228 g/mol. The fraction of sp³-hybridized carbons (Fsp3) is 0.462. The van der Waals surface area contributed by atoms with E-state index >= 15 is 0 Å². The van der Waals surface area contributed by atoms with Crippen LogP contribution in [0, 0.1) is 6.92 Å². The lowest BCUT2D eigenvalue weighted by molar-refractivity contribution is 0.563. The molecule has 1 N–H and O–H groups in total. The van der Waals surface area contributed by atoms with Gasteiger partial charge in [-0.3, -0.25) is 4.68 Å². The SMILES string of the molecule is CNCc1c(C)nn(C)c1N(C)Cc1ccoc1. The summed E-state index contributed by atoms with van der Waals surface area (Å²) in [5, 5.41) is 7.69. The monoisotopic (exact) mass is 248 g/mol. The Bertz CT molecular complexity index is 501. The zero-order valence-electron chi connectivity index (χ0n) is 11.4. The van der Waals surface area contributed by atoms with Gasteiger partial charge in [0.15, 0.2) is 0 Å². The first-order valence-electron chi connectivity index (χ1n) is 6.02. The number of nitrogens with zero attached hydrogens (tertiary/aromatic N) is 3. The standard InChI is InChI=1S/C13H20N4O/c1-10-12(7-14-2)13(17(4)15-10)16(3)8-11-5-6-18-9-11/h5-6,9,14H,7-8H2,1-4H3. The van der Waals surface area contributed by atoms with Crippen LogP contribution in [0.15, 0.2) is 23.0 Å². The molecule has 0 aliphatic rings. The number of hydrogen-bond donors (Lipinski definition) is 1. The second kappa shape index (κ2) is 5.27. The summed E-state index contributed by atoms with van der Waals surface area (Å²) in [6.07, 6.45) is 3.48. The van der Waals surface area contributed by atoms with Gasteiger partial charge in [-0.25, -0.2) is 0 Å². The van der Waals surface area contributed by atoms with Gasteiger partial charge in [-0.2, -0.15) is 5.10 Å². The van der Waals surface area contributed by atoms with E-state index in [1.165, 1.54) is 5.56 Å². The molecule has 2 aromatic rings. The Balaban J connectivity index is 2.26. The first-order chi connectivity index (χ1) is 8.63. The van der Waals surface area contributed by atoms with Crippen LogP contribution in [0.3, 0.4) is 0 Å². The predicted molar refractivity (Wildman–Crippen MR) is 71.5 cm³/mol. The van der Waals surface area contributed by atoms with Crippen LogP contribution in [-0.2, 0) is 20.1 Å². The van der Waals surface area contributed by atoms with E-state index in [4.69, 9.17) is 4.42 Å². The van der Waals surface area contributed by atoms with Crippen molar-refractivity contribution in [3.05, 3.63) is 35.4 Å². The highest BCUT2D eigenvalue weighted by Gasteiger charge is 2.16. The third-order valence-electron chi connectivity index (χ3n) is 3.03. The maximum absolute atomic E-state index is 5.10. The summed E-state index contributed by atoms with van der Waals surface area (Å²) in [5.74, 6) is 1.14. The van der Waals surface area contributed by atoms with Crippen molar-refractivity contribution >= 4 is 5.82 Å². The molecule has 0 aliphatic heterocycles. The van der Waals surface area contributed by atoms with E-state index in [9.17, 15) is 0 Å². The van der Waals surface area contributed by atoms with Crippen molar-refractivity contribution in [1.29, 1.82) is 0 Å². The van der Waals surface area contributed by atoms with Crippen LogP contribution in [0.5, 0.6) is 0 Å². The normalized spacial score (nSPS) is 10.9. The number of rotatable bonds is 5. The Morgan fingerprint density at radius 2 is 2.28 bits per heavy atom. The smallest absolute Gasteiger partial charge is 0.131 e. The van der Waals surface area contributed by atoms with E-state index in [2.05, 4.69) is 22.4 Å². The molecule has 0 radical (unpaired) electrons. The molecule has 0 bridgehead atoms. The molecule has 2 rings (SSSR count). The molecule has 0 saturated carbocycles. The second-order valence-corrected chi connectivity index (χ2v) is 4.53. The number of aromatic nitrogens is 2. The third kappa shape index (κ3) is 2.41. The predicted octanol–water partition coefficient (Wildman–Crippen LogP) is 1.68. The molecule has 0 aromatic carbocycles. The number of furan rings is 1. The van der Waals surface area contributed by atoms with Gasteiger partial charge >= 0.3 is 0 Å². The first kappa shape index (κ1) is 12.7. The molecule has 98 valence electrons. The summed E-state index contributed by atoms with van der Waals surface area (Å²) in [4.78, 5) is 2.19. The topological polar surface area (TPSA) is 46.2 Å². The largest absolute Gasteiger partial charge is 0.472 e. The van der Waals surface area contributed by atoms with Crippen molar-refractivity contribution in [2.75, 3.05) is 19.0 Å². The van der Waals surface area contributed by atoms with E-state index in [1.54, 1.807) is 12.5 Å². The summed E-state index contributed by atoms with van der Waals surface area (Å²) in [6, 6.07) is 1.98.